The predicted octanol–water partition coefficient (Wildman–Crippen LogP) is 4.91. The van der Waals surface area contributed by atoms with Crippen LogP contribution in [0.3, 0.4) is 0 Å². The molecule has 0 spiro atoms. The second-order valence-electron chi connectivity index (χ2n) is 9.14. The molecule has 2 aliphatic rings. The Kier molecular flexibility index (Phi) is 5.47. The van der Waals surface area contributed by atoms with E-state index in [2.05, 4.69) is 62.5 Å². The molecule has 4 heterocycles. The zero-order valence-electron chi connectivity index (χ0n) is 19.4. The fraction of sp³-hybridized carbons (Fsp3) is 0.308. The number of furan rings is 1. The molecule has 1 saturated carbocycles. The fourth-order valence-electron chi connectivity index (χ4n) is 4.37. The first-order valence-electron chi connectivity index (χ1n) is 11.7. The van der Waals surface area contributed by atoms with Gasteiger partial charge in [-0.15, -0.1) is 11.3 Å². The highest BCUT2D eigenvalue weighted by Gasteiger charge is 2.48. The summed E-state index contributed by atoms with van der Waals surface area (Å²) in [6, 6.07) is 14.6. The minimum absolute atomic E-state index is 0.484. The van der Waals surface area contributed by atoms with E-state index in [1.54, 1.807) is 17.9 Å². The molecule has 4 aromatic rings. The Morgan fingerprint density at radius 3 is 2.54 bits per heavy atom. The zero-order valence-corrected chi connectivity index (χ0v) is 20.3. The van der Waals surface area contributed by atoms with E-state index in [9.17, 15) is 5.26 Å². The van der Waals surface area contributed by atoms with E-state index in [1.807, 2.05) is 12.1 Å². The lowest BCUT2D eigenvalue weighted by molar-refractivity contribution is 0.313. The number of hydrogen-bond acceptors (Lipinski definition) is 9. The predicted molar refractivity (Wildman–Crippen MR) is 137 cm³/mol. The van der Waals surface area contributed by atoms with E-state index in [0.29, 0.717) is 23.2 Å². The normalized spacial score (nSPS) is 17.2. The molecular weight excluding hydrogens is 458 g/mol. The number of rotatable bonds is 6. The molecule has 0 unspecified atom stereocenters. The Morgan fingerprint density at radius 2 is 1.86 bits per heavy atom. The van der Waals surface area contributed by atoms with E-state index in [4.69, 9.17) is 9.40 Å². The number of nitrogens with zero attached hydrogens (tertiary/aromatic N) is 6. The smallest absolute Gasteiger partial charge is 0.227 e. The molecule has 35 heavy (non-hydrogen) atoms. The van der Waals surface area contributed by atoms with Gasteiger partial charge in [0, 0.05) is 55.5 Å². The van der Waals surface area contributed by atoms with Gasteiger partial charge in [-0.2, -0.15) is 5.26 Å². The standard InChI is InChI=1S/C26H25N7OS/c1-32-10-12-33(13-11-32)19-4-2-18(3-5-19)30-25-29-14-20(22-15-28-17-35-22)24(31-25)21-6-7-23(34-21)26(16-27)8-9-26/h2-7,14-15,17H,8-13H2,1H3,(H,29,30,31). The monoisotopic (exact) mass is 483 g/mol. The van der Waals surface area contributed by atoms with Gasteiger partial charge in [-0.3, -0.25) is 4.98 Å². The maximum absolute atomic E-state index is 9.56. The molecule has 0 bridgehead atoms. The molecule has 6 rings (SSSR count). The summed E-state index contributed by atoms with van der Waals surface area (Å²) in [5.41, 5.74) is 4.98. The third kappa shape index (κ3) is 4.27. The number of hydrogen-bond donors (Lipinski definition) is 1. The lowest BCUT2D eigenvalue weighted by Gasteiger charge is -2.34. The minimum atomic E-state index is -0.484. The van der Waals surface area contributed by atoms with Crippen LogP contribution in [0.2, 0.25) is 0 Å². The van der Waals surface area contributed by atoms with Crippen LogP contribution in [0.5, 0.6) is 0 Å². The van der Waals surface area contributed by atoms with Crippen molar-refractivity contribution in [3.63, 3.8) is 0 Å². The zero-order chi connectivity index (χ0) is 23.8. The van der Waals surface area contributed by atoms with Gasteiger partial charge in [-0.05, 0) is 56.3 Å². The molecule has 0 radical (unpaired) electrons. The van der Waals surface area contributed by atoms with Crippen molar-refractivity contribution in [1.82, 2.24) is 19.9 Å². The van der Waals surface area contributed by atoms with Crippen molar-refractivity contribution in [3.8, 4) is 28.0 Å². The van der Waals surface area contributed by atoms with E-state index >= 15 is 0 Å². The van der Waals surface area contributed by atoms with Gasteiger partial charge in [-0.1, -0.05) is 0 Å². The van der Waals surface area contributed by atoms with Crippen molar-refractivity contribution in [2.24, 2.45) is 0 Å². The van der Waals surface area contributed by atoms with Crippen molar-refractivity contribution in [2.45, 2.75) is 18.3 Å². The van der Waals surface area contributed by atoms with Crippen LogP contribution in [-0.4, -0.2) is 53.1 Å². The fourth-order valence-corrected chi connectivity index (χ4v) is 5.00. The number of thiazole rings is 1. The minimum Gasteiger partial charge on any atom is -0.458 e. The highest BCUT2D eigenvalue weighted by Crippen LogP contribution is 2.49. The van der Waals surface area contributed by atoms with E-state index in [1.165, 1.54) is 17.0 Å². The van der Waals surface area contributed by atoms with Gasteiger partial charge in [-0.25, -0.2) is 9.97 Å². The number of aromatic nitrogens is 3. The maximum atomic E-state index is 9.56. The second kappa shape index (κ2) is 8.80. The summed E-state index contributed by atoms with van der Waals surface area (Å²) < 4.78 is 6.16. The van der Waals surface area contributed by atoms with Gasteiger partial charge in [0.15, 0.2) is 5.76 Å². The molecule has 0 amide bonds. The Labute approximate surface area is 207 Å². The molecule has 8 nitrogen and oxygen atoms in total. The van der Waals surface area contributed by atoms with Gasteiger partial charge in [0.05, 0.1) is 16.5 Å². The molecule has 1 N–H and O–H groups in total. The quantitative estimate of drug-likeness (QED) is 0.413. The molecule has 1 saturated heterocycles. The van der Waals surface area contributed by atoms with Crippen molar-refractivity contribution in [2.75, 3.05) is 43.4 Å². The van der Waals surface area contributed by atoms with E-state index in [-0.39, 0.29) is 0 Å². The van der Waals surface area contributed by atoms with Crippen LogP contribution in [0, 0.1) is 11.3 Å². The Morgan fingerprint density at radius 1 is 1.06 bits per heavy atom. The molecule has 3 aromatic heterocycles. The average Bonchev–Trinajstić information content (AvgIpc) is 3.26. The van der Waals surface area contributed by atoms with Gasteiger partial charge < -0.3 is 19.5 Å². The SMILES string of the molecule is CN1CCN(c2ccc(Nc3ncc(-c4cncs4)c(-c4ccc(C5(C#N)CC5)o4)n3)cc2)CC1. The first kappa shape index (κ1) is 21.8. The average molecular weight is 484 g/mol. The molecular formula is C26H25N7OS. The van der Waals surface area contributed by atoms with Crippen LogP contribution in [0.15, 0.2) is 58.7 Å². The molecule has 9 heteroatoms. The molecule has 1 aliphatic heterocycles. The number of nitrogens with one attached hydrogen (secondary N) is 1. The van der Waals surface area contributed by atoms with E-state index in [0.717, 1.165) is 55.1 Å². The summed E-state index contributed by atoms with van der Waals surface area (Å²) >= 11 is 1.53. The number of nitriles is 1. The van der Waals surface area contributed by atoms with E-state index < -0.39 is 5.41 Å². The summed E-state index contributed by atoms with van der Waals surface area (Å²) in [7, 11) is 2.16. The van der Waals surface area contributed by atoms with Gasteiger partial charge in [0.2, 0.25) is 5.95 Å². The Bertz CT molecular complexity index is 1360. The third-order valence-electron chi connectivity index (χ3n) is 6.75. The highest BCUT2D eigenvalue weighted by molar-refractivity contribution is 7.13. The summed E-state index contributed by atoms with van der Waals surface area (Å²) in [5, 5.41) is 12.9. The van der Waals surface area contributed by atoms with Crippen LogP contribution < -0.4 is 10.2 Å². The van der Waals surface area contributed by atoms with Crippen LogP contribution in [0.4, 0.5) is 17.3 Å². The van der Waals surface area contributed by atoms with Crippen molar-refractivity contribution < 1.29 is 4.42 Å². The van der Waals surface area contributed by atoms with Gasteiger partial charge in [0.1, 0.15) is 16.9 Å². The number of piperazine rings is 1. The van der Waals surface area contributed by atoms with Crippen LogP contribution >= 0.6 is 11.3 Å². The van der Waals surface area contributed by atoms with Crippen molar-refractivity contribution in [3.05, 3.63) is 60.1 Å². The maximum Gasteiger partial charge on any atom is 0.227 e. The summed E-state index contributed by atoms with van der Waals surface area (Å²) in [5.74, 6) is 1.82. The lowest BCUT2D eigenvalue weighted by Crippen LogP contribution is -2.44. The molecule has 1 aromatic carbocycles. The highest BCUT2D eigenvalue weighted by atomic mass is 32.1. The largest absolute Gasteiger partial charge is 0.458 e. The second-order valence-corrected chi connectivity index (χ2v) is 10.0. The van der Waals surface area contributed by atoms with Crippen LogP contribution in [0.25, 0.3) is 21.9 Å². The van der Waals surface area contributed by atoms with Gasteiger partial charge >= 0.3 is 0 Å². The van der Waals surface area contributed by atoms with Crippen molar-refractivity contribution >= 4 is 28.7 Å². The first-order valence-corrected chi connectivity index (χ1v) is 12.6. The number of benzene rings is 1. The Balaban J connectivity index is 1.28. The molecule has 2 fully saturated rings. The van der Waals surface area contributed by atoms with Crippen LogP contribution in [0.1, 0.15) is 18.6 Å². The topological polar surface area (TPSA) is 94.1 Å². The van der Waals surface area contributed by atoms with Crippen LogP contribution in [-0.2, 0) is 5.41 Å². The van der Waals surface area contributed by atoms with Crippen molar-refractivity contribution in [1.29, 1.82) is 5.26 Å². The number of anilines is 3. The molecule has 1 aliphatic carbocycles. The van der Waals surface area contributed by atoms with Gasteiger partial charge in [0.25, 0.3) is 0 Å². The molecule has 176 valence electrons. The Hall–Kier alpha value is -3.74. The first-order chi connectivity index (χ1) is 17.1. The molecule has 0 atom stereocenters. The third-order valence-corrected chi connectivity index (χ3v) is 7.56. The summed E-state index contributed by atoms with van der Waals surface area (Å²) in [6.45, 7) is 4.22. The summed E-state index contributed by atoms with van der Waals surface area (Å²) in [4.78, 5) is 19.3. The number of likely N-dealkylation sites (N-methyl/N-ethyl adjacent to an activating group) is 1. The lowest BCUT2D eigenvalue weighted by atomic mass is 10.1. The summed E-state index contributed by atoms with van der Waals surface area (Å²) in [6.07, 6.45) is 5.27.